The second-order valence-electron chi connectivity index (χ2n) is 3.60. The third-order valence-corrected chi connectivity index (χ3v) is 2.02. The first kappa shape index (κ1) is 30.5. The Bertz CT molecular complexity index is 409. The average Bonchev–Trinajstić information content (AvgIpc) is 2.36. The van der Waals surface area contributed by atoms with E-state index in [1.54, 1.807) is 18.2 Å². The van der Waals surface area contributed by atoms with Crippen molar-refractivity contribution in [3.05, 3.63) is 35.9 Å². The van der Waals surface area contributed by atoms with Crippen molar-refractivity contribution in [2.24, 2.45) is 0 Å². The summed E-state index contributed by atoms with van der Waals surface area (Å²) in [6.45, 7) is 0. The molecule has 0 aliphatic heterocycles. The Hall–Kier alpha value is 0.630. The molecule has 1 rings (SSSR count). The minimum Gasteiger partial charge on any atom is -0.550 e. The van der Waals surface area contributed by atoms with E-state index in [1.165, 1.54) is 12.1 Å². The second-order valence-corrected chi connectivity index (χ2v) is 3.60. The topological polar surface area (TPSA) is 120 Å². The van der Waals surface area contributed by atoms with E-state index in [0.717, 1.165) is 0 Å². The van der Waals surface area contributed by atoms with Crippen LogP contribution in [0.4, 0.5) is 0 Å². The monoisotopic (exact) mass is 334 g/mol. The van der Waals surface area contributed by atoms with Crippen molar-refractivity contribution in [1.82, 2.24) is 0 Å². The van der Waals surface area contributed by atoms with Gasteiger partial charge in [0.2, 0.25) is 0 Å². The third kappa shape index (κ3) is 20.6. The van der Waals surface area contributed by atoms with Crippen molar-refractivity contribution in [1.29, 1.82) is 0 Å². The summed E-state index contributed by atoms with van der Waals surface area (Å²) in [7, 11) is 0. The third-order valence-electron chi connectivity index (χ3n) is 2.02. The number of aromatic carboxylic acids is 1. The molecule has 0 amide bonds. The molecular weight excluding hydrogens is 321 g/mol. The van der Waals surface area contributed by atoms with E-state index in [4.69, 9.17) is 0 Å². The molecule has 0 spiro atoms. The zero-order valence-corrected chi connectivity index (χ0v) is 19.2. The van der Waals surface area contributed by atoms with Crippen LogP contribution in [0.1, 0.15) is 36.0 Å². The molecule has 0 atom stereocenters. The normalized spacial score (nSPS) is 7.82. The first-order valence-electron chi connectivity index (χ1n) is 5.59. The van der Waals surface area contributed by atoms with Crippen molar-refractivity contribution in [3.8, 4) is 0 Å². The zero-order chi connectivity index (χ0) is 14.7. The van der Waals surface area contributed by atoms with Crippen LogP contribution >= 0.6 is 0 Å². The summed E-state index contributed by atoms with van der Waals surface area (Å²) in [6.07, 6.45) is 0.535. The van der Waals surface area contributed by atoms with Crippen LogP contribution < -0.4 is 104 Å². The van der Waals surface area contributed by atoms with Gasteiger partial charge in [-0.3, -0.25) is 0 Å². The maximum absolute atomic E-state index is 10.1. The number of rotatable bonds is 6. The van der Waals surface area contributed by atoms with E-state index < -0.39 is 17.9 Å². The van der Waals surface area contributed by atoms with Crippen LogP contribution in [0.25, 0.3) is 0 Å². The van der Waals surface area contributed by atoms with Crippen molar-refractivity contribution < 1.29 is 118 Å². The van der Waals surface area contributed by atoms with Crippen molar-refractivity contribution in [3.63, 3.8) is 0 Å². The standard InChI is InChI=1S/C7H6O2.C6H10O4.3Na/c8-7(9)6-4-2-1-3-5-6;7-5(8)3-1-2-4-6(9)10;;;/h1-5H,(H,8,9);1-4H2,(H,7,8)(H,9,10);;;/q;;3*+1/p-3. The molecule has 0 saturated heterocycles. The van der Waals surface area contributed by atoms with Crippen LogP contribution in [0.15, 0.2) is 30.3 Å². The van der Waals surface area contributed by atoms with E-state index in [1.807, 2.05) is 0 Å². The van der Waals surface area contributed by atoms with Gasteiger partial charge in [0.05, 0.1) is 5.97 Å². The number of carboxylic acids is 3. The molecule has 0 fully saturated rings. The van der Waals surface area contributed by atoms with Gasteiger partial charge in [-0.2, -0.15) is 0 Å². The largest absolute Gasteiger partial charge is 1.00 e. The van der Waals surface area contributed by atoms with E-state index >= 15 is 0 Å². The maximum atomic E-state index is 10.1. The summed E-state index contributed by atoms with van der Waals surface area (Å²) < 4.78 is 0. The molecule has 0 saturated carbocycles. The van der Waals surface area contributed by atoms with E-state index in [-0.39, 0.29) is 107 Å². The molecule has 1 aromatic rings. The second kappa shape index (κ2) is 19.7. The quantitative estimate of drug-likeness (QED) is 0.376. The molecule has 104 valence electrons. The van der Waals surface area contributed by atoms with Crippen LogP contribution in [0.3, 0.4) is 0 Å². The minimum absolute atomic E-state index is 0. The van der Waals surface area contributed by atoms with Crippen LogP contribution in [-0.2, 0) is 9.59 Å². The van der Waals surface area contributed by atoms with Gasteiger partial charge in [0.15, 0.2) is 0 Å². The fourth-order valence-corrected chi connectivity index (χ4v) is 1.11. The molecule has 0 heterocycles. The van der Waals surface area contributed by atoms with Crippen molar-refractivity contribution in [2.75, 3.05) is 0 Å². The Labute approximate surface area is 195 Å². The number of aliphatic carboxylic acids is 2. The summed E-state index contributed by atoms with van der Waals surface area (Å²) >= 11 is 0. The van der Waals surface area contributed by atoms with Crippen LogP contribution in [0.2, 0.25) is 0 Å². The molecule has 0 N–H and O–H groups in total. The summed E-state index contributed by atoms with van der Waals surface area (Å²) in [5.74, 6) is -3.41. The Balaban J connectivity index is -0.000000130. The van der Waals surface area contributed by atoms with E-state index in [9.17, 15) is 29.7 Å². The molecule has 0 aliphatic rings. The predicted octanol–water partition coefficient (Wildman–Crippen LogP) is -10.9. The number of carbonyl (C=O) groups is 3. The van der Waals surface area contributed by atoms with Crippen molar-refractivity contribution >= 4 is 17.9 Å². The van der Waals surface area contributed by atoms with Crippen LogP contribution in [0, 0.1) is 0 Å². The zero-order valence-electron chi connectivity index (χ0n) is 13.2. The SMILES string of the molecule is O=C([O-])CCCCC(=O)[O-].O=C([O-])c1ccccc1.[Na+].[Na+].[Na+]. The summed E-state index contributed by atoms with van der Waals surface area (Å²) in [4.78, 5) is 29.6. The maximum Gasteiger partial charge on any atom is 1.00 e. The number of benzene rings is 1. The van der Waals surface area contributed by atoms with Gasteiger partial charge in [-0.15, -0.1) is 0 Å². The van der Waals surface area contributed by atoms with Gasteiger partial charge in [0.25, 0.3) is 0 Å². The molecule has 0 unspecified atom stereocenters. The smallest absolute Gasteiger partial charge is 0.550 e. The Morgan fingerprint density at radius 2 is 1.09 bits per heavy atom. The number of carboxylic acid groups (broad SMARTS) is 3. The molecule has 0 aliphatic carbocycles. The van der Waals surface area contributed by atoms with Gasteiger partial charge >= 0.3 is 88.7 Å². The minimum atomic E-state index is -1.14. The van der Waals surface area contributed by atoms with Crippen LogP contribution in [-0.4, -0.2) is 17.9 Å². The Morgan fingerprint density at radius 1 is 0.727 bits per heavy atom. The summed E-state index contributed by atoms with van der Waals surface area (Å²) in [5, 5.41) is 29.6. The van der Waals surface area contributed by atoms with E-state index in [2.05, 4.69) is 0 Å². The number of unbranched alkanes of at least 4 members (excludes halogenated alkanes) is 1. The number of hydrogen-bond acceptors (Lipinski definition) is 6. The Kier molecular flexibility index (Phi) is 27.3. The van der Waals surface area contributed by atoms with Gasteiger partial charge in [0, 0.05) is 11.9 Å². The molecule has 1 aromatic carbocycles. The Morgan fingerprint density at radius 3 is 1.32 bits per heavy atom. The van der Waals surface area contributed by atoms with E-state index in [0.29, 0.717) is 12.8 Å². The van der Waals surface area contributed by atoms with Gasteiger partial charge in [0.1, 0.15) is 0 Å². The molecule has 0 aromatic heterocycles. The summed E-state index contributed by atoms with van der Waals surface area (Å²) in [6, 6.07) is 8.06. The fraction of sp³-hybridized carbons (Fsp3) is 0.308. The molecule has 0 radical (unpaired) electrons. The summed E-state index contributed by atoms with van der Waals surface area (Å²) in [5.41, 5.74) is 0.220. The fourth-order valence-electron chi connectivity index (χ4n) is 1.11. The molecule has 0 bridgehead atoms. The average molecular weight is 334 g/mol. The van der Waals surface area contributed by atoms with Crippen LogP contribution in [0.5, 0.6) is 0 Å². The van der Waals surface area contributed by atoms with Gasteiger partial charge < -0.3 is 29.7 Å². The predicted molar refractivity (Wildman–Crippen MR) is 59.3 cm³/mol. The van der Waals surface area contributed by atoms with Crippen molar-refractivity contribution in [2.45, 2.75) is 25.7 Å². The number of hydrogen-bond donors (Lipinski definition) is 0. The van der Waals surface area contributed by atoms with Gasteiger partial charge in [-0.1, -0.05) is 30.3 Å². The van der Waals surface area contributed by atoms with Gasteiger partial charge in [-0.05, 0) is 31.2 Å². The number of carbonyl (C=O) groups excluding carboxylic acids is 3. The first-order valence-corrected chi connectivity index (χ1v) is 5.59. The molecular formula is C13H13Na3O6. The first-order chi connectivity index (χ1) is 8.93. The molecule has 6 nitrogen and oxygen atoms in total. The van der Waals surface area contributed by atoms with Gasteiger partial charge in [-0.25, -0.2) is 0 Å². The molecule has 22 heavy (non-hydrogen) atoms. The molecule has 9 heteroatoms.